The van der Waals surface area contributed by atoms with Crippen LogP contribution in [-0.4, -0.2) is 6.61 Å². The van der Waals surface area contributed by atoms with Crippen molar-refractivity contribution in [1.82, 2.24) is 0 Å². The van der Waals surface area contributed by atoms with Gasteiger partial charge in [0, 0.05) is 12.1 Å². The van der Waals surface area contributed by atoms with Gasteiger partial charge in [0.25, 0.3) is 0 Å². The third kappa shape index (κ3) is 3.34. The second-order valence-corrected chi connectivity index (χ2v) is 2.37. The molecule has 1 rings (SSSR count). The monoisotopic (exact) mass is 199 g/mol. The summed E-state index contributed by atoms with van der Waals surface area (Å²) in [6, 6.07) is 4.75. The van der Waals surface area contributed by atoms with Gasteiger partial charge in [0.15, 0.2) is 11.6 Å². The van der Waals surface area contributed by atoms with Gasteiger partial charge in [-0.1, -0.05) is 26.0 Å². The van der Waals surface area contributed by atoms with Gasteiger partial charge >= 0.3 is 0 Å². The zero-order chi connectivity index (χ0) is 11.0. The lowest BCUT2D eigenvalue weighted by Gasteiger charge is -2.08. The van der Waals surface area contributed by atoms with Gasteiger partial charge in [-0.25, -0.2) is 4.39 Å². The minimum atomic E-state index is -0.347. The summed E-state index contributed by atoms with van der Waals surface area (Å²) in [5.41, 5.74) is 6.11. The first-order valence-electron chi connectivity index (χ1n) is 4.89. The van der Waals surface area contributed by atoms with E-state index in [1.165, 1.54) is 6.07 Å². The highest BCUT2D eigenvalue weighted by atomic mass is 19.1. The Bertz CT molecular complexity index is 263. The average Bonchev–Trinajstić information content (AvgIpc) is 2.24. The Kier molecular flexibility index (Phi) is 6.76. The van der Waals surface area contributed by atoms with Crippen LogP contribution in [0, 0.1) is 5.82 Å². The normalized spacial score (nSPS) is 8.93. The van der Waals surface area contributed by atoms with Crippen molar-refractivity contribution in [3.63, 3.8) is 0 Å². The maximum atomic E-state index is 13.0. The van der Waals surface area contributed by atoms with Crippen molar-refractivity contribution in [2.75, 3.05) is 6.61 Å². The molecule has 0 saturated heterocycles. The van der Waals surface area contributed by atoms with E-state index in [0.29, 0.717) is 18.7 Å². The van der Waals surface area contributed by atoms with E-state index >= 15 is 0 Å². The van der Waals surface area contributed by atoms with Crippen LogP contribution in [-0.2, 0) is 6.54 Å². The molecule has 0 spiro atoms. The minimum absolute atomic E-state index is 0.280. The van der Waals surface area contributed by atoms with E-state index in [2.05, 4.69) is 0 Å². The summed E-state index contributed by atoms with van der Waals surface area (Å²) in [6.45, 7) is 6.56. The van der Waals surface area contributed by atoms with Gasteiger partial charge in [0.05, 0.1) is 6.61 Å². The maximum Gasteiger partial charge on any atom is 0.165 e. The van der Waals surface area contributed by atoms with Crippen LogP contribution in [0.1, 0.15) is 26.3 Å². The van der Waals surface area contributed by atoms with Crippen molar-refractivity contribution in [3.8, 4) is 5.75 Å². The molecular formula is C11H18FNO. The van der Waals surface area contributed by atoms with Gasteiger partial charge in [-0.3, -0.25) is 0 Å². The number of para-hydroxylation sites is 1. The first-order valence-corrected chi connectivity index (χ1v) is 4.89. The molecule has 0 atom stereocenters. The highest BCUT2D eigenvalue weighted by Gasteiger charge is 2.06. The van der Waals surface area contributed by atoms with E-state index < -0.39 is 0 Å². The first kappa shape index (κ1) is 12.9. The number of rotatable bonds is 3. The molecule has 0 heterocycles. The Morgan fingerprint density at radius 1 is 1.36 bits per heavy atom. The standard InChI is InChI=1S/C9H12FNO.C2H6/c1-2-12-9-7(6-11)4-3-5-8(9)10;1-2/h3-5H,2,6,11H2,1H3;1-2H3. The smallest absolute Gasteiger partial charge is 0.165 e. The summed E-state index contributed by atoms with van der Waals surface area (Å²) in [7, 11) is 0. The fourth-order valence-electron chi connectivity index (χ4n) is 1.02. The molecule has 3 heteroatoms. The number of halogens is 1. The van der Waals surface area contributed by atoms with Crippen LogP contribution in [0.25, 0.3) is 0 Å². The summed E-state index contributed by atoms with van der Waals surface area (Å²) < 4.78 is 18.1. The molecule has 2 nitrogen and oxygen atoms in total. The van der Waals surface area contributed by atoms with Crippen molar-refractivity contribution in [2.24, 2.45) is 5.73 Å². The number of hydrogen-bond donors (Lipinski definition) is 1. The topological polar surface area (TPSA) is 35.2 Å². The third-order valence-electron chi connectivity index (χ3n) is 1.56. The van der Waals surface area contributed by atoms with Crippen molar-refractivity contribution in [1.29, 1.82) is 0 Å². The van der Waals surface area contributed by atoms with Crippen LogP contribution in [0.5, 0.6) is 5.75 Å². The van der Waals surface area contributed by atoms with E-state index in [-0.39, 0.29) is 11.6 Å². The van der Waals surface area contributed by atoms with Crippen molar-refractivity contribution in [2.45, 2.75) is 27.3 Å². The van der Waals surface area contributed by atoms with E-state index in [1.54, 1.807) is 12.1 Å². The zero-order valence-corrected chi connectivity index (χ0v) is 9.01. The quantitative estimate of drug-likeness (QED) is 0.812. The Hall–Kier alpha value is -1.09. The van der Waals surface area contributed by atoms with Gasteiger partial charge in [0.1, 0.15) is 0 Å². The molecule has 1 aromatic rings. The summed E-state index contributed by atoms with van der Waals surface area (Å²) in [6.07, 6.45) is 0. The maximum absolute atomic E-state index is 13.0. The van der Waals surface area contributed by atoms with Crippen molar-refractivity contribution < 1.29 is 9.13 Å². The average molecular weight is 199 g/mol. The number of nitrogens with two attached hydrogens (primary N) is 1. The lowest BCUT2D eigenvalue weighted by Crippen LogP contribution is -2.03. The Morgan fingerprint density at radius 2 is 2.00 bits per heavy atom. The van der Waals surface area contributed by atoms with Crippen LogP contribution in [0.4, 0.5) is 4.39 Å². The summed E-state index contributed by atoms with van der Waals surface area (Å²) in [5.74, 6) is -0.0673. The highest BCUT2D eigenvalue weighted by Crippen LogP contribution is 2.21. The molecule has 0 aliphatic rings. The Labute approximate surface area is 84.9 Å². The van der Waals surface area contributed by atoms with E-state index in [9.17, 15) is 4.39 Å². The summed E-state index contributed by atoms with van der Waals surface area (Å²) >= 11 is 0. The molecule has 14 heavy (non-hydrogen) atoms. The number of ether oxygens (including phenoxy) is 1. The molecular weight excluding hydrogens is 181 g/mol. The second kappa shape index (κ2) is 7.33. The number of hydrogen-bond acceptors (Lipinski definition) is 2. The first-order chi connectivity index (χ1) is 6.79. The van der Waals surface area contributed by atoms with Gasteiger partial charge in [0.2, 0.25) is 0 Å². The molecule has 0 unspecified atom stereocenters. The van der Waals surface area contributed by atoms with E-state index in [1.807, 2.05) is 20.8 Å². The van der Waals surface area contributed by atoms with Crippen LogP contribution in [0.15, 0.2) is 18.2 Å². The van der Waals surface area contributed by atoms with Crippen molar-refractivity contribution in [3.05, 3.63) is 29.6 Å². The zero-order valence-electron chi connectivity index (χ0n) is 9.01. The molecule has 0 fully saturated rings. The third-order valence-corrected chi connectivity index (χ3v) is 1.56. The molecule has 0 aromatic heterocycles. The molecule has 2 N–H and O–H groups in total. The summed E-state index contributed by atoms with van der Waals surface area (Å²) in [4.78, 5) is 0. The predicted molar refractivity (Wildman–Crippen MR) is 56.8 cm³/mol. The van der Waals surface area contributed by atoms with Crippen LogP contribution in [0.2, 0.25) is 0 Å². The lowest BCUT2D eigenvalue weighted by atomic mass is 10.2. The Balaban J connectivity index is 0.000000791. The SMILES string of the molecule is CC.CCOc1c(F)cccc1CN. The minimum Gasteiger partial charge on any atom is -0.490 e. The van der Waals surface area contributed by atoms with Gasteiger partial charge in [-0.05, 0) is 13.0 Å². The summed E-state index contributed by atoms with van der Waals surface area (Å²) in [5, 5.41) is 0. The number of benzene rings is 1. The molecule has 0 saturated carbocycles. The molecule has 0 aliphatic carbocycles. The van der Waals surface area contributed by atoms with Gasteiger partial charge in [-0.2, -0.15) is 0 Å². The predicted octanol–water partition coefficient (Wildman–Crippen LogP) is 2.71. The fourth-order valence-corrected chi connectivity index (χ4v) is 1.02. The van der Waals surface area contributed by atoms with Gasteiger partial charge in [-0.15, -0.1) is 0 Å². The second-order valence-electron chi connectivity index (χ2n) is 2.37. The van der Waals surface area contributed by atoms with E-state index in [4.69, 9.17) is 10.5 Å². The van der Waals surface area contributed by atoms with E-state index in [0.717, 1.165) is 0 Å². The molecule has 1 aromatic carbocycles. The highest BCUT2D eigenvalue weighted by molar-refractivity contribution is 5.34. The molecule has 0 radical (unpaired) electrons. The van der Waals surface area contributed by atoms with Crippen LogP contribution in [0.3, 0.4) is 0 Å². The van der Waals surface area contributed by atoms with Crippen molar-refractivity contribution >= 4 is 0 Å². The van der Waals surface area contributed by atoms with Crippen LogP contribution >= 0.6 is 0 Å². The fraction of sp³-hybridized carbons (Fsp3) is 0.455. The van der Waals surface area contributed by atoms with Crippen LogP contribution < -0.4 is 10.5 Å². The Morgan fingerprint density at radius 3 is 2.50 bits per heavy atom. The lowest BCUT2D eigenvalue weighted by molar-refractivity contribution is 0.318. The molecule has 0 aliphatic heterocycles. The largest absolute Gasteiger partial charge is 0.490 e. The van der Waals surface area contributed by atoms with Gasteiger partial charge < -0.3 is 10.5 Å². The molecule has 0 amide bonds. The molecule has 80 valence electrons. The molecule has 0 bridgehead atoms.